The van der Waals surface area contributed by atoms with E-state index in [2.05, 4.69) is 25.2 Å². The second kappa shape index (κ2) is 7.28. The van der Waals surface area contributed by atoms with E-state index in [1.807, 2.05) is 6.92 Å². The molecular weight excluding hydrogens is 332 g/mol. The molecular formula is C14H14F4N4O2. The number of para-hydroxylation sites is 1. The molecule has 1 amide bonds. The first kappa shape index (κ1) is 17.7. The van der Waals surface area contributed by atoms with Crippen molar-refractivity contribution >= 4 is 11.9 Å². The van der Waals surface area contributed by atoms with Gasteiger partial charge in [0.05, 0.1) is 5.56 Å². The highest BCUT2D eigenvalue weighted by Crippen LogP contribution is 2.30. The number of nitrogens with one attached hydrogen (secondary N) is 2. The zero-order valence-corrected chi connectivity index (χ0v) is 12.5. The van der Waals surface area contributed by atoms with Crippen LogP contribution in [-0.4, -0.2) is 33.6 Å². The van der Waals surface area contributed by atoms with Gasteiger partial charge >= 0.3 is 12.5 Å². The van der Waals surface area contributed by atoms with Gasteiger partial charge in [-0.3, -0.25) is 15.2 Å². The molecule has 0 aliphatic carbocycles. The van der Waals surface area contributed by atoms with Crippen LogP contribution in [0.5, 0.6) is 5.75 Å². The van der Waals surface area contributed by atoms with Crippen LogP contribution in [0, 0.1) is 0 Å². The number of aromatic amines is 1. The van der Waals surface area contributed by atoms with Crippen molar-refractivity contribution < 1.29 is 27.1 Å². The molecule has 0 spiro atoms. The molecule has 0 atom stereocenters. The van der Waals surface area contributed by atoms with Gasteiger partial charge in [0.1, 0.15) is 11.6 Å². The number of anilines is 1. The number of ether oxygens (including phenoxy) is 1. The van der Waals surface area contributed by atoms with E-state index in [9.17, 15) is 22.4 Å². The maximum absolute atomic E-state index is 13.1. The Hall–Kier alpha value is -2.65. The van der Waals surface area contributed by atoms with Crippen molar-refractivity contribution in [3.05, 3.63) is 35.7 Å². The van der Waals surface area contributed by atoms with Crippen molar-refractivity contribution in [2.45, 2.75) is 32.3 Å². The summed E-state index contributed by atoms with van der Waals surface area (Å²) in [5, 5.41) is 8.65. The van der Waals surface area contributed by atoms with Crippen molar-refractivity contribution in [1.29, 1.82) is 0 Å². The Morgan fingerprint density at radius 3 is 2.75 bits per heavy atom. The summed E-state index contributed by atoms with van der Waals surface area (Å²) in [4.78, 5) is 16.1. The van der Waals surface area contributed by atoms with Crippen LogP contribution in [-0.2, 0) is 6.42 Å². The molecule has 2 aromatic rings. The van der Waals surface area contributed by atoms with Crippen LogP contribution in [0.2, 0.25) is 0 Å². The summed E-state index contributed by atoms with van der Waals surface area (Å²) in [6.07, 6.45) is -7.32. The van der Waals surface area contributed by atoms with E-state index >= 15 is 0 Å². The molecule has 24 heavy (non-hydrogen) atoms. The molecule has 10 heteroatoms. The normalized spacial score (nSPS) is 11.6. The Morgan fingerprint density at radius 2 is 2.08 bits per heavy atom. The predicted molar refractivity (Wildman–Crippen MR) is 76.4 cm³/mol. The third-order valence-electron chi connectivity index (χ3n) is 2.88. The average molecular weight is 346 g/mol. The highest BCUT2D eigenvalue weighted by Gasteiger charge is 2.44. The number of aromatic nitrogens is 3. The molecule has 6 nitrogen and oxygen atoms in total. The van der Waals surface area contributed by atoms with Gasteiger partial charge in [-0.15, -0.1) is 5.10 Å². The van der Waals surface area contributed by atoms with Gasteiger partial charge in [-0.05, 0) is 18.6 Å². The van der Waals surface area contributed by atoms with Crippen molar-refractivity contribution in [3.63, 3.8) is 0 Å². The van der Waals surface area contributed by atoms with E-state index in [1.54, 1.807) is 0 Å². The highest BCUT2D eigenvalue weighted by molar-refractivity contribution is 6.05. The number of hydrogen-bond acceptors (Lipinski definition) is 4. The highest BCUT2D eigenvalue weighted by atomic mass is 19.3. The number of benzene rings is 1. The van der Waals surface area contributed by atoms with E-state index in [0.717, 1.165) is 18.6 Å². The number of amides is 1. The first-order chi connectivity index (χ1) is 11.3. The smallest absolute Gasteiger partial charge is 0.427 e. The van der Waals surface area contributed by atoms with Crippen LogP contribution in [0.25, 0.3) is 0 Å². The molecule has 2 rings (SSSR count). The fraction of sp³-hybridized carbons (Fsp3) is 0.357. The SMILES string of the molecule is CCCc1nc(NC(=O)c2ccccc2OC(F)(F)C(F)F)n[nH]1. The lowest BCUT2D eigenvalue weighted by Gasteiger charge is -2.18. The summed E-state index contributed by atoms with van der Waals surface area (Å²) in [5.74, 6) is -1.05. The van der Waals surface area contributed by atoms with E-state index in [0.29, 0.717) is 12.2 Å². The molecule has 2 N–H and O–H groups in total. The Kier molecular flexibility index (Phi) is 5.37. The lowest BCUT2D eigenvalue weighted by atomic mass is 10.2. The molecule has 0 aliphatic rings. The molecule has 0 aliphatic heterocycles. The minimum Gasteiger partial charge on any atom is -0.427 e. The molecule has 0 fully saturated rings. The number of alkyl halides is 4. The first-order valence-corrected chi connectivity index (χ1v) is 7.00. The van der Waals surface area contributed by atoms with Crippen molar-refractivity contribution in [2.75, 3.05) is 5.32 Å². The maximum Gasteiger partial charge on any atom is 0.461 e. The number of rotatable bonds is 7. The van der Waals surface area contributed by atoms with Crippen molar-refractivity contribution in [3.8, 4) is 5.75 Å². The second-order valence-corrected chi connectivity index (χ2v) is 4.77. The molecule has 130 valence electrons. The van der Waals surface area contributed by atoms with Crippen molar-refractivity contribution in [2.24, 2.45) is 0 Å². The topological polar surface area (TPSA) is 79.9 Å². The van der Waals surface area contributed by atoms with Crippen LogP contribution < -0.4 is 10.1 Å². The largest absolute Gasteiger partial charge is 0.461 e. The van der Waals surface area contributed by atoms with Crippen LogP contribution in [0.1, 0.15) is 29.5 Å². The maximum atomic E-state index is 13.1. The second-order valence-electron chi connectivity index (χ2n) is 4.77. The Morgan fingerprint density at radius 1 is 1.38 bits per heavy atom. The minimum absolute atomic E-state index is 0.0566. The van der Waals surface area contributed by atoms with Gasteiger partial charge in [-0.25, -0.2) is 0 Å². The zero-order valence-electron chi connectivity index (χ0n) is 12.5. The van der Waals surface area contributed by atoms with E-state index < -0.39 is 24.2 Å². The predicted octanol–water partition coefficient (Wildman–Crippen LogP) is 3.25. The van der Waals surface area contributed by atoms with Crippen molar-refractivity contribution in [1.82, 2.24) is 15.2 Å². The van der Waals surface area contributed by atoms with E-state index in [4.69, 9.17) is 0 Å². The number of carbonyl (C=O) groups excluding carboxylic acids is 1. The molecule has 0 bridgehead atoms. The number of hydrogen-bond donors (Lipinski definition) is 2. The molecule has 0 radical (unpaired) electrons. The third kappa shape index (κ3) is 4.21. The number of halogens is 4. The zero-order chi connectivity index (χ0) is 17.7. The quantitative estimate of drug-likeness (QED) is 0.754. The summed E-state index contributed by atoms with van der Waals surface area (Å²) in [6.45, 7) is 1.93. The Bertz CT molecular complexity index is 706. The monoisotopic (exact) mass is 346 g/mol. The standard InChI is InChI=1S/C14H14F4N4O2/c1-2-5-10-19-13(22-21-10)20-11(23)8-6-3-4-7-9(8)24-14(17,18)12(15)16/h3-4,6-7,12H,2,5H2,1H3,(H2,19,20,21,22,23). The van der Waals surface area contributed by atoms with E-state index in [-0.39, 0.29) is 11.5 Å². The third-order valence-corrected chi connectivity index (χ3v) is 2.88. The number of carbonyl (C=O) groups is 1. The number of nitrogens with zero attached hydrogens (tertiary/aromatic N) is 2. The van der Waals surface area contributed by atoms with Gasteiger partial charge in [0.15, 0.2) is 0 Å². The van der Waals surface area contributed by atoms with Gasteiger partial charge in [0.25, 0.3) is 5.91 Å². The van der Waals surface area contributed by atoms with Gasteiger partial charge < -0.3 is 4.74 Å². The first-order valence-electron chi connectivity index (χ1n) is 7.00. The fourth-order valence-electron chi connectivity index (χ4n) is 1.80. The minimum atomic E-state index is -4.71. The fourth-order valence-corrected chi connectivity index (χ4v) is 1.80. The summed E-state index contributed by atoms with van der Waals surface area (Å²) in [7, 11) is 0. The van der Waals surface area contributed by atoms with Crippen LogP contribution >= 0.6 is 0 Å². The van der Waals surface area contributed by atoms with Gasteiger partial charge in [-0.2, -0.15) is 22.5 Å². The Labute approximate surface area is 134 Å². The molecule has 1 aromatic heterocycles. The summed E-state index contributed by atoms with van der Waals surface area (Å²) >= 11 is 0. The summed E-state index contributed by atoms with van der Waals surface area (Å²) < 4.78 is 54.6. The summed E-state index contributed by atoms with van der Waals surface area (Å²) in [6, 6.07) is 4.81. The molecule has 1 heterocycles. The van der Waals surface area contributed by atoms with Crippen LogP contribution in [0.4, 0.5) is 23.5 Å². The van der Waals surface area contributed by atoms with Crippen LogP contribution in [0.3, 0.4) is 0 Å². The lowest BCUT2D eigenvalue weighted by molar-refractivity contribution is -0.253. The van der Waals surface area contributed by atoms with Gasteiger partial charge in [0, 0.05) is 6.42 Å². The Balaban J connectivity index is 2.17. The van der Waals surface area contributed by atoms with Crippen LogP contribution in [0.15, 0.2) is 24.3 Å². The number of aryl methyl sites for hydroxylation is 1. The molecule has 0 saturated carbocycles. The van der Waals surface area contributed by atoms with Gasteiger partial charge in [0.2, 0.25) is 5.95 Å². The number of H-pyrrole nitrogens is 1. The molecule has 0 saturated heterocycles. The average Bonchev–Trinajstić information content (AvgIpc) is 2.94. The lowest BCUT2D eigenvalue weighted by Crippen LogP contribution is -2.34. The molecule has 0 unspecified atom stereocenters. The van der Waals surface area contributed by atoms with Gasteiger partial charge in [-0.1, -0.05) is 19.1 Å². The molecule has 1 aromatic carbocycles. The summed E-state index contributed by atoms with van der Waals surface area (Å²) in [5.41, 5.74) is -0.348. The van der Waals surface area contributed by atoms with E-state index in [1.165, 1.54) is 12.1 Å².